The van der Waals surface area contributed by atoms with Gasteiger partial charge in [0.1, 0.15) is 6.04 Å². The summed E-state index contributed by atoms with van der Waals surface area (Å²) >= 11 is 2.28. The van der Waals surface area contributed by atoms with Gasteiger partial charge < -0.3 is 5.32 Å². The van der Waals surface area contributed by atoms with E-state index in [9.17, 15) is 4.79 Å². The summed E-state index contributed by atoms with van der Waals surface area (Å²) in [5, 5.41) is 7.52. The number of hydrogen-bond donors (Lipinski definition) is 2. The third-order valence-corrected chi connectivity index (χ3v) is 4.44. The van der Waals surface area contributed by atoms with Crippen molar-refractivity contribution in [2.24, 2.45) is 5.10 Å². The van der Waals surface area contributed by atoms with Crippen molar-refractivity contribution < 1.29 is 4.79 Å². The molecule has 2 aromatic carbocycles. The first-order chi connectivity index (χ1) is 11.5. The smallest absolute Gasteiger partial charge is 0.262 e. The van der Waals surface area contributed by atoms with Gasteiger partial charge in [0.05, 0.1) is 5.71 Å². The van der Waals surface area contributed by atoms with Crippen LogP contribution in [0.2, 0.25) is 0 Å². The van der Waals surface area contributed by atoms with Crippen LogP contribution < -0.4 is 10.7 Å². The van der Waals surface area contributed by atoms with Gasteiger partial charge in [0.15, 0.2) is 0 Å². The summed E-state index contributed by atoms with van der Waals surface area (Å²) in [6.45, 7) is 5.90. The van der Waals surface area contributed by atoms with Gasteiger partial charge in [-0.2, -0.15) is 5.10 Å². The number of halogens is 1. The number of carbonyl (C=O) groups excluding carboxylic acids is 1. The number of nitrogens with one attached hydrogen (secondary N) is 2. The van der Waals surface area contributed by atoms with Crippen LogP contribution in [-0.4, -0.2) is 17.7 Å². The van der Waals surface area contributed by atoms with E-state index in [4.69, 9.17) is 0 Å². The summed E-state index contributed by atoms with van der Waals surface area (Å²) < 4.78 is 1.18. The van der Waals surface area contributed by atoms with E-state index in [-0.39, 0.29) is 11.9 Å². The molecule has 0 aliphatic carbocycles. The van der Waals surface area contributed by atoms with Crippen molar-refractivity contribution in [1.29, 1.82) is 0 Å². The van der Waals surface area contributed by atoms with E-state index in [0.717, 1.165) is 22.5 Å². The van der Waals surface area contributed by atoms with Gasteiger partial charge in [-0.1, -0.05) is 37.3 Å². The molecule has 4 nitrogen and oxygen atoms in total. The highest BCUT2D eigenvalue weighted by Gasteiger charge is 2.16. The maximum absolute atomic E-state index is 12.4. The molecule has 2 aromatic rings. The number of hydrogen-bond acceptors (Lipinski definition) is 3. The SMILES string of the molecule is CC[C@@H](Nc1ccc(I)cc1C)C(=O)N/N=C(/C)c1ccccc1. The quantitative estimate of drug-likeness (QED) is 0.403. The Balaban J connectivity index is 2.03. The van der Waals surface area contributed by atoms with E-state index in [1.165, 1.54) is 3.57 Å². The molecular weight excluding hydrogens is 413 g/mol. The summed E-state index contributed by atoms with van der Waals surface area (Å²) in [5.41, 5.74) is 6.54. The van der Waals surface area contributed by atoms with Crippen LogP contribution >= 0.6 is 22.6 Å². The number of rotatable bonds is 6. The summed E-state index contributed by atoms with van der Waals surface area (Å²) in [6, 6.07) is 15.6. The van der Waals surface area contributed by atoms with Gasteiger partial charge >= 0.3 is 0 Å². The lowest BCUT2D eigenvalue weighted by Crippen LogP contribution is -2.37. The van der Waals surface area contributed by atoms with E-state index in [1.54, 1.807) is 0 Å². The largest absolute Gasteiger partial charge is 0.373 e. The van der Waals surface area contributed by atoms with Crippen LogP contribution in [-0.2, 0) is 4.79 Å². The van der Waals surface area contributed by atoms with Gasteiger partial charge in [-0.25, -0.2) is 5.43 Å². The molecule has 0 unspecified atom stereocenters. The molecule has 2 rings (SSSR count). The molecule has 0 radical (unpaired) electrons. The fraction of sp³-hybridized carbons (Fsp3) is 0.263. The molecular formula is C19H22IN3O. The first-order valence-electron chi connectivity index (χ1n) is 7.93. The highest BCUT2D eigenvalue weighted by Crippen LogP contribution is 2.19. The highest BCUT2D eigenvalue weighted by molar-refractivity contribution is 14.1. The van der Waals surface area contributed by atoms with Crippen molar-refractivity contribution in [2.75, 3.05) is 5.32 Å². The zero-order valence-corrected chi connectivity index (χ0v) is 16.3. The Morgan fingerprint density at radius 3 is 2.54 bits per heavy atom. The van der Waals surface area contributed by atoms with Crippen LogP contribution in [0.3, 0.4) is 0 Å². The molecule has 0 spiro atoms. The van der Waals surface area contributed by atoms with E-state index in [2.05, 4.69) is 44.5 Å². The second-order valence-corrected chi connectivity index (χ2v) is 6.85. The van der Waals surface area contributed by atoms with E-state index >= 15 is 0 Å². The minimum atomic E-state index is -0.323. The Morgan fingerprint density at radius 2 is 1.92 bits per heavy atom. The van der Waals surface area contributed by atoms with Crippen molar-refractivity contribution in [3.63, 3.8) is 0 Å². The fourth-order valence-corrected chi connectivity index (χ4v) is 2.94. The molecule has 2 N–H and O–H groups in total. The molecule has 24 heavy (non-hydrogen) atoms. The Hall–Kier alpha value is -1.89. The predicted molar refractivity (Wildman–Crippen MR) is 108 cm³/mol. The molecule has 0 aliphatic heterocycles. The topological polar surface area (TPSA) is 53.5 Å². The third-order valence-electron chi connectivity index (χ3n) is 3.77. The standard InChI is InChI=1S/C19H22IN3O/c1-4-17(21-18-11-10-16(20)12-13(18)2)19(24)23-22-14(3)15-8-6-5-7-9-15/h5-12,17,21H,4H2,1-3H3,(H,23,24)/b22-14-/t17-/m1/s1. The number of carbonyl (C=O) groups is 1. The predicted octanol–water partition coefficient (Wildman–Crippen LogP) is 4.33. The molecule has 0 saturated heterocycles. The summed E-state index contributed by atoms with van der Waals surface area (Å²) in [7, 11) is 0. The van der Waals surface area contributed by atoms with Crippen LogP contribution in [0.5, 0.6) is 0 Å². The molecule has 1 amide bonds. The zero-order valence-electron chi connectivity index (χ0n) is 14.1. The lowest BCUT2D eigenvalue weighted by atomic mass is 10.1. The lowest BCUT2D eigenvalue weighted by Gasteiger charge is -2.18. The molecule has 5 heteroatoms. The van der Waals surface area contributed by atoms with Crippen molar-refractivity contribution in [3.8, 4) is 0 Å². The zero-order chi connectivity index (χ0) is 17.5. The maximum atomic E-state index is 12.4. The number of anilines is 1. The second kappa shape index (κ2) is 8.82. The number of aryl methyl sites for hydroxylation is 1. The molecule has 126 valence electrons. The highest BCUT2D eigenvalue weighted by atomic mass is 127. The van der Waals surface area contributed by atoms with Crippen LogP contribution in [0.1, 0.15) is 31.4 Å². The van der Waals surface area contributed by atoms with Gasteiger partial charge in [-0.15, -0.1) is 0 Å². The Kier molecular flexibility index (Phi) is 6.78. The van der Waals surface area contributed by atoms with Crippen molar-refractivity contribution >= 4 is 39.9 Å². The van der Waals surface area contributed by atoms with Crippen molar-refractivity contribution in [1.82, 2.24) is 5.43 Å². The lowest BCUT2D eigenvalue weighted by molar-refractivity contribution is -0.121. The first kappa shape index (κ1) is 18.4. The molecule has 1 atom stereocenters. The average molecular weight is 435 g/mol. The minimum absolute atomic E-state index is 0.134. The summed E-state index contributed by atoms with van der Waals surface area (Å²) in [6.07, 6.45) is 0.678. The second-order valence-electron chi connectivity index (χ2n) is 5.60. The van der Waals surface area contributed by atoms with Crippen LogP contribution in [0.4, 0.5) is 5.69 Å². The monoisotopic (exact) mass is 435 g/mol. The summed E-state index contributed by atoms with van der Waals surface area (Å²) in [5.74, 6) is -0.134. The first-order valence-corrected chi connectivity index (χ1v) is 9.01. The molecule has 0 heterocycles. The summed E-state index contributed by atoms with van der Waals surface area (Å²) in [4.78, 5) is 12.4. The van der Waals surface area contributed by atoms with Crippen LogP contribution in [0, 0.1) is 10.5 Å². The van der Waals surface area contributed by atoms with Gasteiger partial charge in [0, 0.05) is 9.26 Å². The Labute approximate surface area is 156 Å². The number of nitrogens with zero attached hydrogens (tertiary/aromatic N) is 1. The van der Waals surface area contributed by atoms with Crippen molar-refractivity contribution in [3.05, 3.63) is 63.2 Å². The average Bonchev–Trinajstić information content (AvgIpc) is 2.59. The number of amides is 1. The Bertz CT molecular complexity index is 729. The van der Waals surface area contributed by atoms with Gasteiger partial charge in [0.2, 0.25) is 0 Å². The van der Waals surface area contributed by atoms with Gasteiger partial charge in [-0.05, 0) is 72.2 Å². The van der Waals surface area contributed by atoms with Crippen molar-refractivity contribution in [2.45, 2.75) is 33.2 Å². The fourth-order valence-electron chi connectivity index (χ4n) is 2.29. The van der Waals surface area contributed by atoms with E-state index < -0.39 is 0 Å². The third kappa shape index (κ3) is 5.06. The van der Waals surface area contributed by atoms with E-state index in [0.29, 0.717) is 6.42 Å². The molecule has 0 bridgehead atoms. The van der Waals surface area contributed by atoms with Crippen LogP contribution in [0.25, 0.3) is 0 Å². The van der Waals surface area contributed by atoms with Crippen LogP contribution in [0.15, 0.2) is 53.6 Å². The van der Waals surface area contributed by atoms with E-state index in [1.807, 2.05) is 63.2 Å². The normalized spacial score (nSPS) is 12.6. The number of benzene rings is 2. The van der Waals surface area contributed by atoms with Gasteiger partial charge in [0.25, 0.3) is 5.91 Å². The molecule has 0 aromatic heterocycles. The molecule has 0 fully saturated rings. The molecule has 0 aliphatic rings. The van der Waals surface area contributed by atoms with Gasteiger partial charge in [-0.3, -0.25) is 4.79 Å². The maximum Gasteiger partial charge on any atom is 0.262 e. The minimum Gasteiger partial charge on any atom is -0.373 e. The molecule has 0 saturated carbocycles. The Morgan fingerprint density at radius 1 is 1.21 bits per heavy atom. The number of hydrazone groups is 1.